The Kier molecular flexibility index (Phi) is 4.99. The van der Waals surface area contributed by atoms with Gasteiger partial charge in [0.05, 0.1) is 5.02 Å². The first kappa shape index (κ1) is 14.8. The van der Waals surface area contributed by atoms with Crippen LogP contribution in [0.15, 0.2) is 42.5 Å². The molecule has 20 heavy (non-hydrogen) atoms. The number of aryl methyl sites for hydroxylation is 1. The van der Waals surface area contributed by atoms with E-state index in [0.717, 1.165) is 24.2 Å². The van der Waals surface area contributed by atoms with Gasteiger partial charge >= 0.3 is 0 Å². The molecule has 0 heterocycles. The predicted molar refractivity (Wildman–Crippen MR) is 91.1 cm³/mol. The fourth-order valence-electron chi connectivity index (χ4n) is 2.08. The Bertz CT molecular complexity index is 626. The molecule has 2 nitrogen and oxygen atoms in total. The summed E-state index contributed by atoms with van der Waals surface area (Å²) in [6, 6.07) is 13.9. The summed E-state index contributed by atoms with van der Waals surface area (Å²) >= 11 is 11.1. The summed E-state index contributed by atoms with van der Waals surface area (Å²) in [5.74, 6) is 0. The summed E-state index contributed by atoms with van der Waals surface area (Å²) < 4.78 is 0. The molecule has 2 aromatic rings. The zero-order valence-electron chi connectivity index (χ0n) is 11.3. The number of halogens is 1. The Labute approximate surface area is 130 Å². The van der Waals surface area contributed by atoms with Crippen molar-refractivity contribution in [1.82, 2.24) is 0 Å². The van der Waals surface area contributed by atoms with Crippen LogP contribution in [-0.2, 0) is 6.42 Å². The zero-order chi connectivity index (χ0) is 14.5. The van der Waals surface area contributed by atoms with Gasteiger partial charge in [0.15, 0.2) is 0 Å². The highest BCUT2D eigenvalue weighted by Crippen LogP contribution is 2.26. The second kappa shape index (κ2) is 6.73. The predicted octanol–water partition coefficient (Wildman–Crippen LogP) is 4.67. The van der Waals surface area contributed by atoms with Crippen molar-refractivity contribution in [1.29, 1.82) is 0 Å². The van der Waals surface area contributed by atoms with E-state index in [-0.39, 0.29) is 0 Å². The molecule has 2 rings (SSSR count). The third-order valence-electron chi connectivity index (χ3n) is 3.05. The standard InChI is InChI=1S/C16H17ClN2S/c1-2-5-11-6-3-4-7-15(11)19-12-8-9-13(16(18)20)14(17)10-12/h3-4,6-10,19H,2,5H2,1H3,(H2,18,20). The van der Waals surface area contributed by atoms with Crippen LogP contribution in [0, 0.1) is 0 Å². The van der Waals surface area contributed by atoms with Crippen molar-refractivity contribution in [3.8, 4) is 0 Å². The summed E-state index contributed by atoms with van der Waals surface area (Å²) in [6.07, 6.45) is 2.15. The molecule has 0 atom stereocenters. The fourth-order valence-corrected chi connectivity index (χ4v) is 2.59. The quantitative estimate of drug-likeness (QED) is 0.788. The Morgan fingerprint density at radius 3 is 2.65 bits per heavy atom. The molecule has 0 aromatic heterocycles. The van der Waals surface area contributed by atoms with E-state index in [1.54, 1.807) is 0 Å². The molecule has 0 bridgehead atoms. The van der Waals surface area contributed by atoms with E-state index >= 15 is 0 Å². The number of rotatable bonds is 5. The normalized spacial score (nSPS) is 10.3. The first-order valence-electron chi connectivity index (χ1n) is 6.56. The van der Waals surface area contributed by atoms with Gasteiger partial charge in [-0.05, 0) is 36.2 Å². The SMILES string of the molecule is CCCc1ccccc1Nc1ccc(C(N)=S)c(Cl)c1. The lowest BCUT2D eigenvalue weighted by Crippen LogP contribution is -2.10. The highest BCUT2D eigenvalue weighted by Gasteiger charge is 2.06. The Balaban J connectivity index is 2.26. The topological polar surface area (TPSA) is 38.0 Å². The summed E-state index contributed by atoms with van der Waals surface area (Å²) in [5, 5.41) is 3.96. The van der Waals surface area contributed by atoms with Gasteiger partial charge in [-0.3, -0.25) is 0 Å². The lowest BCUT2D eigenvalue weighted by molar-refractivity contribution is 0.923. The Morgan fingerprint density at radius 1 is 1.25 bits per heavy atom. The summed E-state index contributed by atoms with van der Waals surface area (Å²) in [5.41, 5.74) is 9.64. The van der Waals surface area contributed by atoms with Crippen molar-refractivity contribution in [3.05, 3.63) is 58.6 Å². The van der Waals surface area contributed by atoms with Crippen molar-refractivity contribution < 1.29 is 0 Å². The molecule has 0 saturated heterocycles. The molecular weight excluding hydrogens is 288 g/mol. The lowest BCUT2D eigenvalue weighted by Gasteiger charge is -2.12. The number of anilines is 2. The molecule has 0 aliphatic rings. The first-order chi connectivity index (χ1) is 9.61. The van der Waals surface area contributed by atoms with Crippen LogP contribution in [0.1, 0.15) is 24.5 Å². The van der Waals surface area contributed by atoms with E-state index in [1.165, 1.54) is 5.56 Å². The summed E-state index contributed by atoms with van der Waals surface area (Å²) in [7, 11) is 0. The van der Waals surface area contributed by atoms with Gasteiger partial charge in [0, 0.05) is 16.9 Å². The molecule has 0 saturated carbocycles. The largest absolute Gasteiger partial charge is 0.389 e. The molecule has 104 valence electrons. The van der Waals surface area contributed by atoms with Crippen molar-refractivity contribution in [2.45, 2.75) is 19.8 Å². The van der Waals surface area contributed by atoms with E-state index < -0.39 is 0 Å². The highest BCUT2D eigenvalue weighted by atomic mass is 35.5. The maximum absolute atomic E-state index is 6.18. The van der Waals surface area contributed by atoms with Crippen LogP contribution in [0.5, 0.6) is 0 Å². The van der Waals surface area contributed by atoms with Crippen LogP contribution in [-0.4, -0.2) is 4.99 Å². The first-order valence-corrected chi connectivity index (χ1v) is 7.34. The van der Waals surface area contributed by atoms with Gasteiger partial charge in [-0.15, -0.1) is 0 Å². The molecule has 3 N–H and O–H groups in total. The third-order valence-corrected chi connectivity index (χ3v) is 3.58. The smallest absolute Gasteiger partial charge is 0.105 e. The lowest BCUT2D eigenvalue weighted by atomic mass is 10.1. The number of benzene rings is 2. The van der Waals surface area contributed by atoms with E-state index in [2.05, 4.69) is 30.4 Å². The van der Waals surface area contributed by atoms with Crippen molar-refractivity contribution in [2.75, 3.05) is 5.32 Å². The minimum atomic E-state index is 0.313. The third kappa shape index (κ3) is 3.50. The second-order valence-electron chi connectivity index (χ2n) is 4.59. The van der Waals surface area contributed by atoms with Crippen LogP contribution in [0.4, 0.5) is 11.4 Å². The minimum Gasteiger partial charge on any atom is -0.389 e. The van der Waals surface area contributed by atoms with Crippen LogP contribution in [0.2, 0.25) is 5.02 Å². The number of nitrogens with two attached hydrogens (primary N) is 1. The molecule has 0 radical (unpaired) electrons. The molecule has 0 aliphatic heterocycles. The molecular formula is C16H17ClN2S. The number of hydrogen-bond donors (Lipinski definition) is 2. The van der Waals surface area contributed by atoms with E-state index in [0.29, 0.717) is 15.6 Å². The zero-order valence-corrected chi connectivity index (χ0v) is 12.9. The molecule has 0 fully saturated rings. The number of hydrogen-bond acceptors (Lipinski definition) is 2. The van der Waals surface area contributed by atoms with Gasteiger partial charge in [0.2, 0.25) is 0 Å². The number of thiocarbonyl (C=S) groups is 1. The average molecular weight is 305 g/mol. The second-order valence-corrected chi connectivity index (χ2v) is 5.44. The van der Waals surface area contributed by atoms with Gasteiger partial charge in [0.1, 0.15) is 4.99 Å². The average Bonchev–Trinajstić information content (AvgIpc) is 2.41. The molecule has 0 amide bonds. The van der Waals surface area contributed by atoms with Crippen LogP contribution in [0.25, 0.3) is 0 Å². The van der Waals surface area contributed by atoms with E-state index in [4.69, 9.17) is 29.6 Å². The van der Waals surface area contributed by atoms with Crippen molar-refractivity contribution in [2.24, 2.45) is 5.73 Å². The monoisotopic (exact) mass is 304 g/mol. The van der Waals surface area contributed by atoms with E-state index in [1.807, 2.05) is 24.3 Å². The fraction of sp³-hybridized carbons (Fsp3) is 0.188. The summed E-state index contributed by atoms with van der Waals surface area (Å²) in [4.78, 5) is 0.313. The van der Waals surface area contributed by atoms with Gasteiger partial charge in [0.25, 0.3) is 0 Å². The minimum absolute atomic E-state index is 0.313. The van der Waals surface area contributed by atoms with Gasteiger partial charge in [-0.1, -0.05) is 55.4 Å². The number of nitrogens with one attached hydrogen (secondary N) is 1. The molecule has 0 aliphatic carbocycles. The van der Waals surface area contributed by atoms with Gasteiger partial charge in [-0.25, -0.2) is 0 Å². The Morgan fingerprint density at radius 2 is 2.00 bits per heavy atom. The van der Waals surface area contributed by atoms with E-state index in [9.17, 15) is 0 Å². The maximum atomic E-state index is 6.18. The van der Waals surface area contributed by atoms with Crippen LogP contribution in [0.3, 0.4) is 0 Å². The Hall–Kier alpha value is -1.58. The molecule has 2 aromatic carbocycles. The van der Waals surface area contributed by atoms with Gasteiger partial charge < -0.3 is 11.1 Å². The molecule has 4 heteroatoms. The van der Waals surface area contributed by atoms with Crippen LogP contribution < -0.4 is 11.1 Å². The molecule has 0 spiro atoms. The molecule has 0 unspecified atom stereocenters. The van der Waals surface area contributed by atoms with Gasteiger partial charge in [-0.2, -0.15) is 0 Å². The number of para-hydroxylation sites is 1. The van der Waals surface area contributed by atoms with Crippen molar-refractivity contribution in [3.63, 3.8) is 0 Å². The highest BCUT2D eigenvalue weighted by molar-refractivity contribution is 7.80. The van der Waals surface area contributed by atoms with Crippen molar-refractivity contribution >= 4 is 40.2 Å². The maximum Gasteiger partial charge on any atom is 0.105 e. The summed E-state index contributed by atoms with van der Waals surface area (Å²) in [6.45, 7) is 2.17. The van der Waals surface area contributed by atoms with Crippen LogP contribution >= 0.6 is 23.8 Å².